The smallest absolute Gasteiger partial charge is 0.280 e. The van der Waals surface area contributed by atoms with Gasteiger partial charge in [0.2, 0.25) is 0 Å². The van der Waals surface area contributed by atoms with Crippen molar-refractivity contribution in [1.82, 2.24) is 15.2 Å². The molecule has 2 heterocycles. The Hall–Kier alpha value is -1.45. The maximum absolute atomic E-state index is 12.2. The van der Waals surface area contributed by atoms with Gasteiger partial charge in [-0.2, -0.15) is 13.5 Å². The molecule has 2 aromatic rings. The average molecular weight is 314 g/mol. The van der Waals surface area contributed by atoms with E-state index < -0.39 is 10.0 Å². The third-order valence-electron chi connectivity index (χ3n) is 3.18. The number of anilines is 1. The zero-order valence-electron chi connectivity index (χ0n) is 10.6. The molecule has 3 rings (SSSR count). The van der Waals surface area contributed by atoms with Crippen molar-refractivity contribution >= 4 is 26.5 Å². The highest BCUT2D eigenvalue weighted by atomic mass is 32.2. The standard InChI is InChI=1S/C11H14N4O3S2/c16-6-7-5-12-14-10(7)20(17,18)15-11-13-8-3-1-2-4-9(8)19-11/h5,16H,1-4,6H2,(H,12,14)(H,13,15). The van der Waals surface area contributed by atoms with Crippen LogP contribution in [0.15, 0.2) is 11.2 Å². The van der Waals surface area contributed by atoms with Crippen molar-refractivity contribution in [1.29, 1.82) is 0 Å². The molecule has 0 spiro atoms. The minimum Gasteiger partial charge on any atom is -0.392 e. The molecule has 0 unspecified atom stereocenters. The molecule has 20 heavy (non-hydrogen) atoms. The molecule has 0 saturated heterocycles. The summed E-state index contributed by atoms with van der Waals surface area (Å²) >= 11 is 1.37. The van der Waals surface area contributed by atoms with E-state index in [1.165, 1.54) is 17.5 Å². The summed E-state index contributed by atoms with van der Waals surface area (Å²) in [5.74, 6) is 0. The first-order chi connectivity index (χ1) is 9.60. The summed E-state index contributed by atoms with van der Waals surface area (Å²) in [6, 6.07) is 0. The quantitative estimate of drug-likeness (QED) is 0.781. The van der Waals surface area contributed by atoms with Crippen LogP contribution in [0.2, 0.25) is 0 Å². The van der Waals surface area contributed by atoms with Crippen molar-refractivity contribution in [2.45, 2.75) is 37.3 Å². The highest BCUT2D eigenvalue weighted by Crippen LogP contribution is 2.30. The van der Waals surface area contributed by atoms with Gasteiger partial charge in [-0.15, -0.1) is 11.3 Å². The third-order valence-corrected chi connectivity index (χ3v) is 5.74. The fourth-order valence-electron chi connectivity index (χ4n) is 2.21. The monoisotopic (exact) mass is 314 g/mol. The van der Waals surface area contributed by atoms with Gasteiger partial charge in [-0.1, -0.05) is 0 Å². The zero-order chi connectivity index (χ0) is 14.2. The van der Waals surface area contributed by atoms with Crippen LogP contribution in [0.3, 0.4) is 0 Å². The summed E-state index contributed by atoms with van der Waals surface area (Å²) in [7, 11) is -3.79. The number of aliphatic hydroxyl groups excluding tert-OH is 1. The first-order valence-electron chi connectivity index (χ1n) is 6.24. The van der Waals surface area contributed by atoms with E-state index in [9.17, 15) is 8.42 Å². The lowest BCUT2D eigenvalue weighted by atomic mass is 10.0. The number of nitrogens with one attached hydrogen (secondary N) is 2. The molecule has 9 heteroatoms. The van der Waals surface area contributed by atoms with E-state index in [1.54, 1.807) is 0 Å². The van der Waals surface area contributed by atoms with Crippen molar-refractivity contribution in [3.05, 3.63) is 22.3 Å². The van der Waals surface area contributed by atoms with Crippen molar-refractivity contribution < 1.29 is 13.5 Å². The molecule has 1 aliphatic rings. The SMILES string of the molecule is O=S(=O)(Nc1nc2c(s1)CCCC2)c1[nH]ncc1CO. The summed E-state index contributed by atoms with van der Waals surface area (Å²) in [6.45, 7) is -0.388. The predicted octanol–water partition coefficient (Wildman–Crippen LogP) is 1.04. The minimum absolute atomic E-state index is 0.117. The fraction of sp³-hybridized carbons (Fsp3) is 0.455. The van der Waals surface area contributed by atoms with Gasteiger partial charge in [-0.3, -0.25) is 9.82 Å². The Morgan fingerprint density at radius 2 is 2.20 bits per heavy atom. The number of hydrogen-bond acceptors (Lipinski definition) is 6. The van der Waals surface area contributed by atoms with Crippen LogP contribution in [-0.2, 0) is 29.5 Å². The number of fused-ring (bicyclic) bond motifs is 1. The molecule has 7 nitrogen and oxygen atoms in total. The van der Waals surface area contributed by atoms with Gasteiger partial charge in [0.15, 0.2) is 10.2 Å². The van der Waals surface area contributed by atoms with Gasteiger partial charge < -0.3 is 5.11 Å². The van der Waals surface area contributed by atoms with Crippen LogP contribution in [0, 0.1) is 0 Å². The molecule has 0 saturated carbocycles. The van der Waals surface area contributed by atoms with E-state index in [-0.39, 0.29) is 17.2 Å². The van der Waals surface area contributed by atoms with Gasteiger partial charge in [-0.25, -0.2) is 4.98 Å². The number of sulfonamides is 1. The van der Waals surface area contributed by atoms with Crippen molar-refractivity contribution in [3.8, 4) is 0 Å². The van der Waals surface area contributed by atoms with Gasteiger partial charge in [-0.05, 0) is 25.7 Å². The first kappa shape index (κ1) is 13.5. The van der Waals surface area contributed by atoms with E-state index in [4.69, 9.17) is 5.11 Å². The molecular formula is C11H14N4O3S2. The Labute approximate surface area is 120 Å². The van der Waals surface area contributed by atoms with Crippen LogP contribution in [0.5, 0.6) is 0 Å². The van der Waals surface area contributed by atoms with Crippen LogP contribution >= 0.6 is 11.3 Å². The second-order valence-electron chi connectivity index (χ2n) is 4.58. The minimum atomic E-state index is -3.79. The molecule has 0 fully saturated rings. The second-order valence-corrected chi connectivity index (χ2v) is 7.29. The molecule has 3 N–H and O–H groups in total. The highest BCUT2D eigenvalue weighted by molar-refractivity contribution is 7.92. The van der Waals surface area contributed by atoms with E-state index in [2.05, 4.69) is 19.9 Å². The topological polar surface area (TPSA) is 108 Å². The first-order valence-corrected chi connectivity index (χ1v) is 8.54. The Morgan fingerprint density at radius 1 is 1.40 bits per heavy atom. The molecule has 0 aromatic carbocycles. The largest absolute Gasteiger partial charge is 0.392 e. The third kappa shape index (κ3) is 2.43. The van der Waals surface area contributed by atoms with Gasteiger partial charge >= 0.3 is 0 Å². The van der Waals surface area contributed by atoms with Gasteiger partial charge in [0.1, 0.15) is 0 Å². The van der Waals surface area contributed by atoms with Crippen LogP contribution in [0.4, 0.5) is 5.13 Å². The second kappa shape index (κ2) is 5.15. The summed E-state index contributed by atoms with van der Waals surface area (Å²) < 4.78 is 26.9. The van der Waals surface area contributed by atoms with E-state index >= 15 is 0 Å². The molecular weight excluding hydrogens is 300 g/mol. The Kier molecular flexibility index (Phi) is 3.48. The molecule has 0 aliphatic heterocycles. The highest BCUT2D eigenvalue weighted by Gasteiger charge is 2.23. The molecule has 0 bridgehead atoms. The zero-order valence-corrected chi connectivity index (χ0v) is 12.2. The average Bonchev–Trinajstić information content (AvgIpc) is 3.03. The number of aliphatic hydroxyl groups is 1. The number of aromatic amines is 1. The summed E-state index contributed by atoms with van der Waals surface area (Å²) in [6.07, 6.45) is 5.37. The molecule has 0 amide bonds. The van der Waals surface area contributed by atoms with E-state index in [1.807, 2.05) is 0 Å². The van der Waals surface area contributed by atoms with Crippen molar-refractivity contribution in [2.75, 3.05) is 4.72 Å². The number of H-pyrrole nitrogens is 1. The summed E-state index contributed by atoms with van der Waals surface area (Å²) in [4.78, 5) is 5.49. The van der Waals surface area contributed by atoms with E-state index in [0.29, 0.717) is 5.13 Å². The molecule has 1 aliphatic carbocycles. The Balaban J connectivity index is 1.88. The fourth-order valence-corrected chi connectivity index (χ4v) is 4.62. The Morgan fingerprint density at radius 3 is 2.95 bits per heavy atom. The van der Waals surface area contributed by atoms with Gasteiger partial charge in [0.25, 0.3) is 10.0 Å². The normalized spacial score (nSPS) is 15.1. The summed E-state index contributed by atoms with van der Waals surface area (Å²) in [5, 5.41) is 15.4. The molecule has 108 valence electrons. The number of hydrogen-bond donors (Lipinski definition) is 3. The number of aromatic nitrogens is 3. The van der Waals surface area contributed by atoms with E-state index in [0.717, 1.165) is 36.3 Å². The van der Waals surface area contributed by atoms with Crippen LogP contribution < -0.4 is 4.72 Å². The lowest BCUT2D eigenvalue weighted by Gasteiger charge is -2.06. The lowest BCUT2D eigenvalue weighted by Crippen LogP contribution is -2.15. The van der Waals surface area contributed by atoms with Crippen molar-refractivity contribution in [3.63, 3.8) is 0 Å². The van der Waals surface area contributed by atoms with Crippen LogP contribution in [0.25, 0.3) is 0 Å². The molecule has 2 aromatic heterocycles. The maximum Gasteiger partial charge on any atom is 0.280 e. The number of thiazole rings is 1. The summed E-state index contributed by atoms with van der Waals surface area (Å²) in [5.41, 5.74) is 1.23. The van der Waals surface area contributed by atoms with Gasteiger partial charge in [0.05, 0.1) is 18.5 Å². The number of aryl methyl sites for hydroxylation is 2. The number of rotatable bonds is 4. The molecule has 0 atom stereocenters. The Bertz CT molecular complexity index is 696. The van der Waals surface area contributed by atoms with Crippen LogP contribution in [-0.4, -0.2) is 28.7 Å². The molecule has 0 radical (unpaired) electrons. The van der Waals surface area contributed by atoms with Gasteiger partial charge in [0, 0.05) is 10.4 Å². The predicted molar refractivity (Wildman–Crippen MR) is 74.1 cm³/mol. The number of nitrogens with zero attached hydrogens (tertiary/aromatic N) is 2. The van der Waals surface area contributed by atoms with Crippen LogP contribution in [0.1, 0.15) is 29.0 Å². The van der Waals surface area contributed by atoms with Crippen molar-refractivity contribution in [2.24, 2.45) is 0 Å². The maximum atomic E-state index is 12.2. The lowest BCUT2D eigenvalue weighted by molar-refractivity contribution is 0.278.